The zero-order chi connectivity index (χ0) is 69.2. The molecule has 0 aliphatic heterocycles. The number of phosphoric acid groups is 2. The average Bonchev–Trinajstić information content (AvgIpc) is 0.747. The topological polar surface area (TPSA) is 224 Å². The van der Waals surface area contributed by atoms with Crippen molar-refractivity contribution in [1.29, 1.82) is 0 Å². The van der Waals surface area contributed by atoms with Crippen molar-refractivity contribution in [2.45, 2.75) is 142 Å². The van der Waals surface area contributed by atoms with Crippen molar-refractivity contribution in [3.63, 3.8) is 0 Å². The Morgan fingerprint density at radius 3 is 0.990 bits per heavy atom. The fourth-order valence-corrected chi connectivity index (χ4v) is 15.0. The Morgan fingerprint density at radius 1 is 0.343 bits per heavy atom. The molecule has 0 bridgehead atoms. The third-order valence-electron chi connectivity index (χ3n) is 15.5. The third kappa shape index (κ3) is 26.1. The van der Waals surface area contributed by atoms with Crippen molar-refractivity contribution < 1.29 is 92.6 Å². The van der Waals surface area contributed by atoms with Gasteiger partial charge in [0.05, 0.1) is 59.0 Å². The molecule has 1 fully saturated rings. The van der Waals surface area contributed by atoms with E-state index < -0.39 is 97.7 Å². The predicted octanol–water partition coefficient (Wildman–Crippen LogP) is 16.8. The molecule has 1 aliphatic carbocycles. The van der Waals surface area contributed by atoms with Crippen LogP contribution in [0.25, 0.3) is 0 Å². The molecular weight excluding hydrogens is 1330 g/mol. The van der Waals surface area contributed by atoms with Crippen LogP contribution in [0.1, 0.15) is 90.5 Å². The van der Waals surface area contributed by atoms with Gasteiger partial charge < -0.3 is 37.7 Å². The molecule has 23 heteroatoms. The zero-order valence-electron chi connectivity index (χ0n) is 55.7. The summed E-state index contributed by atoms with van der Waals surface area (Å²) in [7, 11) is -14.9. The van der Waals surface area contributed by atoms with Gasteiger partial charge in [0, 0.05) is 12.8 Å². The van der Waals surface area contributed by atoms with Crippen LogP contribution in [0.2, 0.25) is 0 Å². The summed E-state index contributed by atoms with van der Waals surface area (Å²) in [6.45, 7) is 0.465. The molecule has 0 heterocycles. The third-order valence-corrected chi connectivity index (χ3v) is 20.2. The lowest BCUT2D eigenvalue weighted by atomic mass is 9.84. The fraction of sp³-hybridized carbons (Fsp3) is 0.342. The Labute approximate surface area is 580 Å². The number of rotatable bonds is 44. The maximum Gasteiger partial charge on any atom is 0.475 e. The van der Waals surface area contributed by atoms with Crippen LogP contribution in [0.4, 0.5) is 0 Å². The van der Waals surface area contributed by atoms with Gasteiger partial charge in [0.1, 0.15) is 62.9 Å². The van der Waals surface area contributed by atoms with E-state index in [0.717, 1.165) is 11.1 Å². The summed E-state index contributed by atoms with van der Waals surface area (Å²) >= 11 is 0. The molecule has 1 saturated carbocycles. The van der Waals surface area contributed by atoms with Gasteiger partial charge in [0.25, 0.3) is 0 Å². The van der Waals surface area contributed by atoms with Crippen LogP contribution in [0.5, 0.6) is 0 Å². The molecule has 8 aromatic carbocycles. The smallest absolute Gasteiger partial charge is 0.462 e. The summed E-state index contributed by atoms with van der Waals surface area (Å²) in [5, 5.41) is 0. The summed E-state index contributed by atoms with van der Waals surface area (Å²) in [6, 6.07) is 72.5. The minimum absolute atomic E-state index is 0.00890. The quantitative estimate of drug-likeness (QED) is 0.0150. The van der Waals surface area contributed by atoms with Crippen molar-refractivity contribution in [3.8, 4) is 0 Å². The minimum Gasteiger partial charge on any atom is -0.462 e. The lowest BCUT2D eigenvalue weighted by Gasteiger charge is -2.50. The molecule has 9 rings (SSSR count). The van der Waals surface area contributed by atoms with E-state index in [9.17, 15) is 9.59 Å². The Balaban J connectivity index is 1.25. The number of carbonyl (C=O) groups is 2. The fourth-order valence-electron chi connectivity index (χ4n) is 10.4. The second-order valence-corrected chi connectivity index (χ2v) is 28.6. The van der Waals surface area contributed by atoms with E-state index in [0.29, 0.717) is 46.2 Å². The Hall–Kier alpha value is -7.13. The number of esters is 2. The van der Waals surface area contributed by atoms with Gasteiger partial charge in [-0.1, -0.05) is 257 Å². The van der Waals surface area contributed by atoms with Gasteiger partial charge in [-0.05, 0) is 63.8 Å². The van der Waals surface area contributed by atoms with E-state index in [-0.39, 0.29) is 78.7 Å². The van der Waals surface area contributed by atoms with Gasteiger partial charge >= 0.3 is 35.2 Å². The van der Waals surface area contributed by atoms with Crippen LogP contribution in [-0.2, 0) is 145 Å². The molecule has 20 nitrogen and oxygen atoms in total. The summed E-state index contributed by atoms with van der Waals surface area (Å²) in [4.78, 5) is 26.3. The lowest BCUT2D eigenvalue weighted by Crippen LogP contribution is -2.67. The zero-order valence-corrected chi connectivity index (χ0v) is 58.3. The van der Waals surface area contributed by atoms with Crippen molar-refractivity contribution in [3.05, 3.63) is 287 Å². The van der Waals surface area contributed by atoms with Crippen LogP contribution < -0.4 is 0 Å². The normalized spacial score (nSPS) is 18.0. The van der Waals surface area contributed by atoms with E-state index in [2.05, 4.69) is 0 Å². The molecular formula is C76H87O20P3. The summed E-state index contributed by atoms with van der Waals surface area (Å²) < 4.78 is 148. The van der Waals surface area contributed by atoms with Gasteiger partial charge in [-0.25, -0.2) is 9.13 Å². The maximum atomic E-state index is 16.7. The minimum atomic E-state index is -5.09. The van der Waals surface area contributed by atoms with Gasteiger partial charge in [0.15, 0.2) is 0 Å². The number of ether oxygens (including phenoxy) is 7. The van der Waals surface area contributed by atoms with Crippen LogP contribution in [0.15, 0.2) is 243 Å². The number of hydrogen-bond donors (Lipinski definition) is 0. The molecule has 1 aliphatic rings. The first kappa shape index (κ1) is 76.1. The lowest BCUT2D eigenvalue weighted by molar-refractivity contribution is -0.274. The van der Waals surface area contributed by atoms with E-state index >= 15 is 13.7 Å². The van der Waals surface area contributed by atoms with Crippen LogP contribution >= 0.6 is 23.2 Å². The first-order valence-corrected chi connectivity index (χ1v) is 37.7. The predicted molar refractivity (Wildman–Crippen MR) is 371 cm³/mol. The highest BCUT2D eigenvalue weighted by atomic mass is 31.2. The summed E-state index contributed by atoms with van der Waals surface area (Å²) in [5.74, 6) is -1.10. The Morgan fingerprint density at radius 2 is 0.636 bits per heavy atom. The second-order valence-electron chi connectivity index (χ2n) is 23.2. The molecule has 526 valence electrons. The molecule has 8 atom stereocenters. The molecule has 0 spiro atoms. The number of benzene rings is 8. The number of carbonyl (C=O) groups excluding carboxylic acids is 2. The molecule has 0 N–H and O–H groups in total. The van der Waals surface area contributed by atoms with Crippen LogP contribution in [0.3, 0.4) is 0 Å². The number of phosphoric ester groups is 2. The van der Waals surface area contributed by atoms with Crippen molar-refractivity contribution in [1.82, 2.24) is 0 Å². The van der Waals surface area contributed by atoms with E-state index in [1.165, 1.54) is 0 Å². The first-order valence-electron chi connectivity index (χ1n) is 33.1. The van der Waals surface area contributed by atoms with Crippen LogP contribution in [-0.4, -0.2) is 81.0 Å². The standard InChI is InChI=1S/C76H87O20P3/c1-3-29-69(77)84-57-68(93-70(78)30-4-2)47-48-97(79,88-52-63-37-19-8-20-38-63)94-74-72(86-58-82-49-60-31-13-5-14-32-60)71(85-51-62-35-17-7-18-36-62)75(95-98(80,89-53-64-39-21-9-22-40-64)90-54-65-41-23-10-24-42-65)76(73(74)87-59-83-50-61-33-15-6-16-34-61)96-99(81,91-55-66-43-25-11-26-44-66)92-56-67-45-27-12-28-46-67/h5-28,31-46,68,71-76H,3-4,29-30,47-59H2,1-2H3/t68-,71-,72+,73-,74+,75+,76+,97?/m0/s1. The maximum absolute atomic E-state index is 16.7. The highest BCUT2D eigenvalue weighted by Crippen LogP contribution is 2.60. The molecule has 0 aromatic heterocycles. The van der Waals surface area contributed by atoms with Crippen molar-refractivity contribution in [2.24, 2.45) is 0 Å². The second kappa shape index (κ2) is 41.0. The molecule has 0 saturated heterocycles. The molecule has 99 heavy (non-hydrogen) atoms. The van der Waals surface area contributed by atoms with Crippen LogP contribution in [0, 0.1) is 0 Å². The van der Waals surface area contributed by atoms with E-state index in [1.807, 2.05) is 135 Å². The number of hydrogen-bond acceptors (Lipinski definition) is 20. The highest BCUT2D eigenvalue weighted by molar-refractivity contribution is 7.53. The summed E-state index contributed by atoms with van der Waals surface area (Å²) in [5.41, 5.74) is 5.17. The molecule has 1 unspecified atom stereocenters. The van der Waals surface area contributed by atoms with Gasteiger partial charge in [-0.2, -0.15) is 0 Å². The molecule has 0 radical (unpaired) electrons. The monoisotopic (exact) mass is 1410 g/mol. The summed E-state index contributed by atoms with van der Waals surface area (Å²) in [6.07, 6.45) is -11.5. The van der Waals surface area contributed by atoms with Crippen molar-refractivity contribution in [2.75, 3.05) is 26.4 Å². The Bertz CT molecular complexity index is 3630. The Kier molecular flexibility index (Phi) is 31.5. The van der Waals surface area contributed by atoms with E-state index in [1.54, 1.807) is 121 Å². The molecule has 8 aromatic rings. The van der Waals surface area contributed by atoms with Gasteiger partial charge in [-0.15, -0.1) is 0 Å². The van der Waals surface area contributed by atoms with Gasteiger partial charge in [-0.3, -0.25) is 45.8 Å². The van der Waals surface area contributed by atoms with E-state index in [4.69, 9.17) is 69.3 Å². The first-order chi connectivity index (χ1) is 48.4. The van der Waals surface area contributed by atoms with Gasteiger partial charge in [0.2, 0.25) is 0 Å². The van der Waals surface area contributed by atoms with Crippen molar-refractivity contribution >= 4 is 35.2 Å². The highest BCUT2D eigenvalue weighted by Gasteiger charge is 2.61. The largest absolute Gasteiger partial charge is 0.475 e. The molecule has 0 amide bonds. The SMILES string of the molecule is CCCC(=O)OC[C@H](CCP(=O)(OCc1ccccc1)O[C@@H]1[C@H](OCOCc2ccccc2)[C@H](OCc2ccccc2)[C@@H](OP(=O)(OCc2ccccc2)OCc2ccccc2)[C@H](OP(=O)(OCc2ccccc2)OCc2ccccc2)[C@H]1OCOCc1ccccc1)OC(=O)CCC. The average molecular weight is 1410 g/mol.